The summed E-state index contributed by atoms with van der Waals surface area (Å²) >= 11 is 0. The van der Waals surface area contributed by atoms with Crippen LogP contribution in [0.1, 0.15) is 33.3 Å². The minimum atomic E-state index is -4.46. The maximum Gasteiger partial charge on any atom is 0.417 e. The van der Waals surface area contributed by atoms with Crippen molar-refractivity contribution >= 4 is 5.91 Å². The van der Waals surface area contributed by atoms with Crippen LogP contribution in [0.4, 0.5) is 13.2 Å². The molecule has 0 radical (unpaired) electrons. The van der Waals surface area contributed by atoms with Crippen LogP contribution in [0.25, 0.3) is 0 Å². The zero-order chi connectivity index (χ0) is 22.5. The number of halogens is 3. The van der Waals surface area contributed by atoms with Gasteiger partial charge in [0.1, 0.15) is 17.0 Å². The average molecular weight is 421 g/mol. The molecule has 0 aliphatic heterocycles. The highest BCUT2D eigenvalue weighted by atomic mass is 19.4. The van der Waals surface area contributed by atoms with Crippen LogP contribution in [0.3, 0.4) is 0 Å². The quantitative estimate of drug-likeness (QED) is 0.700. The van der Waals surface area contributed by atoms with Crippen LogP contribution in [0.5, 0.6) is 17.4 Å². The molecule has 2 aromatic rings. The van der Waals surface area contributed by atoms with Crippen molar-refractivity contribution in [2.75, 3.05) is 0 Å². The van der Waals surface area contributed by atoms with Crippen molar-refractivity contribution in [3.8, 4) is 23.4 Å². The Morgan fingerprint density at radius 3 is 2.17 bits per heavy atom. The molecular weight excluding hydrogens is 399 g/mol. The molecule has 0 spiro atoms. The van der Waals surface area contributed by atoms with Crippen molar-refractivity contribution in [1.29, 1.82) is 5.26 Å². The first-order valence-electron chi connectivity index (χ1n) is 9.15. The molecule has 30 heavy (non-hydrogen) atoms. The summed E-state index contributed by atoms with van der Waals surface area (Å²) in [7, 11) is 0. The molecule has 1 amide bonds. The van der Waals surface area contributed by atoms with E-state index in [1.165, 1.54) is 12.1 Å². The molecule has 0 saturated heterocycles. The third kappa shape index (κ3) is 5.86. The number of carbonyl (C=O) groups excluding carboxylic acids is 1. The van der Waals surface area contributed by atoms with Crippen LogP contribution in [-0.2, 0) is 11.0 Å². The zero-order valence-corrected chi connectivity index (χ0v) is 16.9. The Balaban J connectivity index is 1.97. The summed E-state index contributed by atoms with van der Waals surface area (Å²) < 4.78 is 48.7. The van der Waals surface area contributed by atoms with E-state index in [2.05, 4.69) is 16.4 Å². The molecule has 2 atom stereocenters. The van der Waals surface area contributed by atoms with Gasteiger partial charge in [-0.1, -0.05) is 13.8 Å². The molecule has 0 aliphatic rings. The van der Waals surface area contributed by atoms with Gasteiger partial charge in [0, 0.05) is 12.3 Å². The molecule has 0 aliphatic carbocycles. The SMILES string of the molecule is CC(Oc1ccc(Oc2ccc(C(F)(F)F)cn2)cc1)C(=O)NC(C)(C#N)C(C)C. The predicted molar refractivity (Wildman–Crippen MR) is 103 cm³/mol. The summed E-state index contributed by atoms with van der Waals surface area (Å²) in [5.41, 5.74) is -1.88. The van der Waals surface area contributed by atoms with Gasteiger partial charge in [0.2, 0.25) is 5.88 Å². The van der Waals surface area contributed by atoms with Gasteiger partial charge in [-0.05, 0) is 50.1 Å². The van der Waals surface area contributed by atoms with Gasteiger partial charge < -0.3 is 14.8 Å². The first kappa shape index (κ1) is 23.0. The van der Waals surface area contributed by atoms with Crippen LogP contribution < -0.4 is 14.8 Å². The van der Waals surface area contributed by atoms with Gasteiger partial charge in [-0.25, -0.2) is 4.98 Å². The number of benzene rings is 1. The number of aromatic nitrogens is 1. The molecule has 1 heterocycles. The van der Waals surface area contributed by atoms with Crippen LogP contribution >= 0.6 is 0 Å². The zero-order valence-electron chi connectivity index (χ0n) is 16.9. The molecule has 160 valence electrons. The number of nitrogens with one attached hydrogen (secondary N) is 1. The summed E-state index contributed by atoms with van der Waals surface area (Å²) in [6.07, 6.45) is -4.62. The van der Waals surface area contributed by atoms with E-state index in [0.717, 1.165) is 12.1 Å². The van der Waals surface area contributed by atoms with Crippen molar-refractivity contribution in [3.05, 3.63) is 48.2 Å². The number of pyridine rings is 1. The predicted octanol–water partition coefficient (Wildman–Crippen LogP) is 4.71. The topological polar surface area (TPSA) is 84.2 Å². The van der Waals surface area contributed by atoms with Crippen LogP contribution in [0.15, 0.2) is 42.6 Å². The van der Waals surface area contributed by atoms with E-state index in [0.29, 0.717) is 17.7 Å². The van der Waals surface area contributed by atoms with E-state index in [9.17, 15) is 23.2 Å². The van der Waals surface area contributed by atoms with Gasteiger partial charge in [0.25, 0.3) is 5.91 Å². The van der Waals surface area contributed by atoms with Crippen molar-refractivity contribution < 1.29 is 27.4 Å². The average Bonchev–Trinajstić information content (AvgIpc) is 2.68. The van der Waals surface area contributed by atoms with Crippen molar-refractivity contribution in [3.63, 3.8) is 0 Å². The standard InChI is InChI=1S/C21H22F3N3O3/c1-13(2)20(4,12-25)27-19(28)14(3)29-16-6-8-17(9-7-16)30-18-10-5-15(11-26-18)21(22,23)24/h5-11,13-14H,1-4H3,(H,27,28). The summed E-state index contributed by atoms with van der Waals surface area (Å²) in [4.78, 5) is 16.0. The molecule has 0 bridgehead atoms. The van der Waals surface area contributed by atoms with E-state index in [-0.39, 0.29) is 11.8 Å². The maximum absolute atomic E-state index is 12.6. The summed E-state index contributed by atoms with van der Waals surface area (Å²) in [6, 6.07) is 10.3. The second-order valence-electron chi connectivity index (χ2n) is 7.17. The van der Waals surface area contributed by atoms with Crippen molar-refractivity contribution in [2.24, 2.45) is 5.92 Å². The van der Waals surface area contributed by atoms with E-state index in [4.69, 9.17) is 9.47 Å². The molecule has 1 aromatic heterocycles. The van der Waals surface area contributed by atoms with E-state index >= 15 is 0 Å². The summed E-state index contributed by atoms with van der Waals surface area (Å²) in [5.74, 6) is 0.210. The van der Waals surface area contributed by atoms with Gasteiger partial charge in [-0.15, -0.1) is 0 Å². The van der Waals surface area contributed by atoms with Crippen molar-refractivity contribution in [2.45, 2.75) is 45.5 Å². The monoisotopic (exact) mass is 421 g/mol. The molecule has 2 unspecified atom stereocenters. The number of ether oxygens (including phenoxy) is 2. The number of hydrogen-bond acceptors (Lipinski definition) is 5. The fourth-order valence-electron chi connectivity index (χ4n) is 2.23. The Morgan fingerprint density at radius 2 is 1.70 bits per heavy atom. The lowest BCUT2D eigenvalue weighted by Gasteiger charge is -2.28. The van der Waals surface area contributed by atoms with Gasteiger partial charge >= 0.3 is 6.18 Å². The lowest BCUT2D eigenvalue weighted by atomic mass is 9.90. The number of rotatable bonds is 7. The molecule has 1 aromatic carbocycles. The summed E-state index contributed by atoms with van der Waals surface area (Å²) in [5, 5.41) is 12.0. The number of nitriles is 1. The Kier molecular flexibility index (Phi) is 6.92. The van der Waals surface area contributed by atoms with E-state index < -0.39 is 29.3 Å². The van der Waals surface area contributed by atoms with E-state index in [1.54, 1.807) is 26.0 Å². The highest BCUT2D eigenvalue weighted by Crippen LogP contribution is 2.30. The fourth-order valence-corrected chi connectivity index (χ4v) is 2.23. The van der Waals surface area contributed by atoms with Crippen LogP contribution in [0.2, 0.25) is 0 Å². The Bertz CT molecular complexity index is 906. The second-order valence-corrected chi connectivity index (χ2v) is 7.17. The minimum absolute atomic E-state index is 0.00823. The number of alkyl halides is 3. The molecule has 6 nitrogen and oxygen atoms in total. The first-order chi connectivity index (χ1) is 13.9. The van der Waals surface area contributed by atoms with Crippen LogP contribution in [-0.4, -0.2) is 22.5 Å². The molecule has 1 N–H and O–H groups in total. The van der Waals surface area contributed by atoms with Crippen molar-refractivity contribution in [1.82, 2.24) is 10.3 Å². The third-order valence-corrected chi connectivity index (χ3v) is 4.56. The smallest absolute Gasteiger partial charge is 0.417 e. The highest BCUT2D eigenvalue weighted by molar-refractivity contribution is 5.81. The molecular formula is C21H22F3N3O3. The van der Waals surface area contributed by atoms with E-state index in [1.807, 2.05) is 13.8 Å². The normalized spacial score (nSPS) is 14.4. The largest absolute Gasteiger partial charge is 0.481 e. The van der Waals surface area contributed by atoms with Gasteiger partial charge in [0.05, 0.1) is 11.6 Å². The third-order valence-electron chi connectivity index (χ3n) is 4.56. The maximum atomic E-state index is 12.6. The number of hydrogen-bond donors (Lipinski definition) is 1. The first-order valence-corrected chi connectivity index (χ1v) is 9.15. The molecule has 0 saturated carbocycles. The lowest BCUT2D eigenvalue weighted by Crippen LogP contribution is -2.52. The Labute approximate surface area is 172 Å². The van der Waals surface area contributed by atoms with Gasteiger partial charge in [-0.2, -0.15) is 18.4 Å². The van der Waals surface area contributed by atoms with Gasteiger partial charge in [0.15, 0.2) is 6.10 Å². The lowest BCUT2D eigenvalue weighted by molar-refractivity contribution is -0.137. The minimum Gasteiger partial charge on any atom is -0.481 e. The Morgan fingerprint density at radius 1 is 1.10 bits per heavy atom. The van der Waals surface area contributed by atoms with Crippen LogP contribution in [0, 0.1) is 17.2 Å². The fraction of sp³-hybridized carbons (Fsp3) is 0.381. The number of nitrogens with zero attached hydrogens (tertiary/aromatic N) is 2. The second kappa shape index (κ2) is 9.03. The summed E-state index contributed by atoms with van der Waals surface area (Å²) in [6.45, 7) is 6.87. The number of amides is 1. The van der Waals surface area contributed by atoms with Gasteiger partial charge in [-0.3, -0.25) is 4.79 Å². The number of carbonyl (C=O) groups is 1. The molecule has 2 rings (SSSR count). The molecule has 0 fully saturated rings. The highest BCUT2D eigenvalue weighted by Gasteiger charge is 2.32. The Hall–Kier alpha value is -3.28. The molecule has 9 heteroatoms.